The number of anilines is 2. The number of nitrogen functional groups attached to an aromatic ring is 2. The minimum atomic E-state index is 0.198. The Morgan fingerprint density at radius 2 is 1.71 bits per heavy atom. The van der Waals surface area contributed by atoms with Crippen molar-refractivity contribution in [1.82, 2.24) is 9.97 Å². The van der Waals surface area contributed by atoms with Gasteiger partial charge in [-0.2, -0.15) is 4.98 Å². The molecule has 6 heteroatoms. The lowest BCUT2D eigenvalue weighted by Gasteiger charge is -2.07. The van der Waals surface area contributed by atoms with Crippen LogP contribution in [0.1, 0.15) is 5.56 Å². The van der Waals surface area contributed by atoms with Crippen molar-refractivity contribution in [2.45, 2.75) is 16.7 Å². The molecule has 21 heavy (non-hydrogen) atoms. The van der Waals surface area contributed by atoms with Crippen molar-refractivity contribution in [3.63, 3.8) is 0 Å². The van der Waals surface area contributed by atoms with E-state index in [1.54, 1.807) is 11.8 Å². The Balaban J connectivity index is 1.99. The van der Waals surface area contributed by atoms with E-state index in [1.807, 2.05) is 18.2 Å². The first-order valence-corrected chi connectivity index (χ1v) is 7.90. The molecule has 106 valence electrons. The smallest absolute Gasteiger partial charge is 0.222 e. The van der Waals surface area contributed by atoms with E-state index in [-0.39, 0.29) is 5.95 Å². The number of aryl methyl sites for hydroxylation is 1. The molecule has 0 aliphatic carbocycles. The van der Waals surface area contributed by atoms with Gasteiger partial charge in [0.25, 0.3) is 0 Å². The normalized spacial score (nSPS) is 11.0. The lowest BCUT2D eigenvalue weighted by molar-refractivity contribution is 1.24. The van der Waals surface area contributed by atoms with E-state index in [9.17, 15) is 0 Å². The molecule has 0 unspecified atom stereocenters. The molecule has 1 aromatic heterocycles. The lowest BCUT2D eigenvalue weighted by atomic mass is 10.2. The van der Waals surface area contributed by atoms with Crippen LogP contribution >= 0.6 is 27.7 Å². The van der Waals surface area contributed by atoms with E-state index in [0.717, 1.165) is 20.3 Å². The maximum Gasteiger partial charge on any atom is 0.222 e. The monoisotopic (exact) mass is 360 g/mol. The molecule has 0 amide bonds. The molecule has 0 atom stereocenters. The Bertz CT molecular complexity index is 835. The molecule has 0 aliphatic rings. The van der Waals surface area contributed by atoms with Crippen LogP contribution in [-0.4, -0.2) is 9.97 Å². The van der Waals surface area contributed by atoms with Gasteiger partial charge in [0.1, 0.15) is 5.82 Å². The van der Waals surface area contributed by atoms with Crippen molar-refractivity contribution in [1.29, 1.82) is 0 Å². The Morgan fingerprint density at radius 3 is 2.48 bits per heavy atom. The van der Waals surface area contributed by atoms with Gasteiger partial charge in [-0.3, -0.25) is 0 Å². The summed E-state index contributed by atoms with van der Waals surface area (Å²) in [6.07, 6.45) is 0. The maximum atomic E-state index is 5.92. The van der Waals surface area contributed by atoms with Gasteiger partial charge in [0, 0.05) is 19.6 Å². The van der Waals surface area contributed by atoms with E-state index in [4.69, 9.17) is 11.5 Å². The van der Waals surface area contributed by atoms with Gasteiger partial charge in [-0.25, -0.2) is 4.98 Å². The predicted octanol–water partition coefficient (Wildman–Crippen LogP) is 4.02. The van der Waals surface area contributed by atoms with Crippen LogP contribution < -0.4 is 11.5 Å². The molecule has 4 N–H and O–H groups in total. The first-order chi connectivity index (χ1) is 10.0. The molecular formula is C15H13BrN4S. The average Bonchev–Trinajstić information content (AvgIpc) is 2.43. The summed E-state index contributed by atoms with van der Waals surface area (Å²) in [5.74, 6) is 0.607. The number of rotatable bonds is 2. The number of benzene rings is 2. The molecule has 0 bridgehead atoms. The Morgan fingerprint density at radius 1 is 1.00 bits per heavy atom. The summed E-state index contributed by atoms with van der Waals surface area (Å²) in [4.78, 5) is 10.4. The first-order valence-electron chi connectivity index (χ1n) is 6.30. The van der Waals surface area contributed by atoms with Gasteiger partial charge in [-0.15, -0.1) is 0 Å². The molecule has 0 saturated carbocycles. The highest BCUT2D eigenvalue weighted by Gasteiger charge is 2.06. The minimum absolute atomic E-state index is 0.198. The topological polar surface area (TPSA) is 77.8 Å². The number of nitrogens with zero attached hydrogens (tertiary/aromatic N) is 2. The summed E-state index contributed by atoms with van der Waals surface area (Å²) in [6.45, 7) is 2.07. The number of aromatic nitrogens is 2. The maximum absolute atomic E-state index is 5.92. The van der Waals surface area contributed by atoms with Crippen LogP contribution in [0.25, 0.3) is 10.9 Å². The van der Waals surface area contributed by atoms with Gasteiger partial charge in [0.05, 0.1) is 5.52 Å². The predicted molar refractivity (Wildman–Crippen MR) is 91.4 cm³/mol. The number of halogens is 1. The first kappa shape index (κ1) is 14.2. The van der Waals surface area contributed by atoms with Crippen molar-refractivity contribution in [3.05, 3.63) is 46.4 Å². The summed E-state index contributed by atoms with van der Waals surface area (Å²) in [5.41, 5.74) is 13.5. The van der Waals surface area contributed by atoms with Crippen LogP contribution in [-0.2, 0) is 0 Å². The van der Waals surface area contributed by atoms with Crippen molar-refractivity contribution < 1.29 is 0 Å². The molecule has 3 rings (SSSR count). The van der Waals surface area contributed by atoms with E-state index in [0.29, 0.717) is 5.82 Å². The summed E-state index contributed by atoms with van der Waals surface area (Å²) in [5, 5.41) is 0.822. The number of fused-ring (bicyclic) bond motifs is 1. The molecule has 0 fully saturated rings. The third kappa shape index (κ3) is 2.96. The van der Waals surface area contributed by atoms with Crippen LogP contribution in [0.2, 0.25) is 0 Å². The summed E-state index contributed by atoms with van der Waals surface area (Å²) in [7, 11) is 0. The zero-order chi connectivity index (χ0) is 15.0. The van der Waals surface area contributed by atoms with Crippen LogP contribution in [0.5, 0.6) is 0 Å². The molecule has 0 spiro atoms. The molecule has 3 aromatic rings. The van der Waals surface area contributed by atoms with Gasteiger partial charge in [0.15, 0.2) is 0 Å². The Kier molecular flexibility index (Phi) is 3.73. The largest absolute Gasteiger partial charge is 0.383 e. The second kappa shape index (κ2) is 5.54. The second-order valence-corrected chi connectivity index (χ2v) is 6.66. The summed E-state index contributed by atoms with van der Waals surface area (Å²) in [6, 6.07) is 12.2. The fourth-order valence-corrected chi connectivity index (χ4v) is 3.23. The number of hydrogen-bond donors (Lipinski definition) is 2. The molecule has 0 saturated heterocycles. The fourth-order valence-electron chi connectivity index (χ4n) is 2.03. The molecule has 0 radical (unpaired) electrons. The highest BCUT2D eigenvalue weighted by Crippen LogP contribution is 2.33. The van der Waals surface area contributed by atoms with Gasteiger partial charge in [-0.05, 0) is 48.9 Å². The molecule has 0 aliphatic heterocycles. The van der Waals surface area contributed by atoms with Gasteiger partial charge in [0.2, 0.25) is 5.95 Å². The summed E-state index contributed by atoms with van der Waals surface area (Å²) < 4.78 is 1.11. The van der Waals surface area contributed by atoms with Crippen LogP contribution in [0.3, 0.4) is 0 Å². The molecular weight excluding hydrogens is 348 g/mol. The standard InChI is InChI=1S/C15H13BrN4S/c1-8-6-9(2-4-12(8)16)21-10-3-5-13-11(7-10)14(17)20-15(18)19-13/h2-7H,1H3,(H4,17,18,19,20). The number of nitrogens with two attached hydrogens (primary N) is 2. The van der Waals surface area contributed by atoms with Gasteiger partial charge < -0.3 is 11.5 Å². The third-order valence-electron chi connectivity index (χ3n) is 3.08. The SMILES string of the molecule is Cc1cc(Sc2ccc3nc(N)nc(N)c3c2)ccc1Br. The molecule has 2 aromatic carbocycles. The Hall–Kier alpha value is -1.79. The minimum Gasteiger partial charge on any atom is -0.383 e. The van der Waals surface area contributed by atoms with Gasteiger partial charge >= 0.3 is 0 Å². The average molecular weight is 361 g/mol. The molecule has 4 nitrogen and oxygen atoms in total. The fraction of sp³-hybridized carbons (Fsp3) is 0.0667. The van der Waals surface area contributed by atoms with Crippen molar-refractivity contribution in [2.24, 2.45) is 0 Å². The number of hydrogen-bond acceptors (Lipinski definition) is 5. The van der Waals surface area contributed by atoms with Crippen LogP contribution in [0.4, 0.5) is 11.8 Å². The quantitative estimate of drug-likeness (QED) is 0.721. The Labute approximate surface area is 135 Å². The van der Waals surface area contributed by atoms with Crippen molar-refractivity contribution >= 4 is 50.4 Å². The van der Waals surface area contributed by atoms with Crippen LogP contribution in [0.15, 0.2) is 50.7 Å². The third-order valence-corrected chi connectivity index (χ3v) is 4.95. The van der Waals surface area contributed by atoms with Gasteiger partial charge in [-0.1, -0.05) is 27.7 Å². The van der Waals surface area contributed by atoms with Crippen molar-refractivity contribution in [3.8, 4) is 0 Å². The molecule has 1 heterocycles. The van der Waals surface area contributed by atoms with E-state index in [1.165, 1.54) is 10.5 Å². The summed E-state index contributed by atoms with van der Waals surface area (Å²) >= 11 is 5.18. The highest BCUT2D eigenvalue weighted by molar-refractivity contribution is 9.10. The van der Waals surface area contributed by atoms with E-state index < -0.39 is 0 Å². The zero-order valence-electron chi connectivity index (χ0n) is 11.3. The van der Waals surface area contributed by atoms with Crippen LogP contribution in [0, 0.1) is 6.92 Å². The highest BCUT2D eigenvalue weighted by atomic mass is 79.9. The van der Waals surface area contributed by atoms with Crippen molar-refractivity contribution in [2.75, 3.05) is 11.5 Å². The lowest BCUT2D eigenvalue weighted by Crippen LogP contribution is -2.00. The second-order valence-electron chi connectivity index (χ2n) is 4.66. The van der Waals surface area contributed by atoms with E-state index >= 15 is 0 Å². The van der Waals surface area contributed by atoms with E-state index in [2.05, 4.69) is 51.0 Å². The zero-order valence-corrected chi connectivity index (χ0v) is 13.7.